The van der Waals surface area contributed by atoms with Crippen molar-refractivity contribution in [2.75, 3.05) is 17.9 Å². The third-order valence-electron chi connectivity index (χ3n) is 5.71. The van der Waals surface area contributed by atoms with E-state index in [9.17, 15) is 22.4 Å². The van der Waals surface area contributed by atoms with Gasteiger partial charge in [-0.05, 0) is 56.3 Å². The van der Waals surface area contributed by atoms with E-state index < -0.39 is 40.2 Å². The monoisotopic (exact) mass is 531 g/mol. The fraction of sp³-hybridized carbons (Fsp3) is 0.231. The quantitative estimate of drug-likeness (QED) is 0.449. The molecule has 3 rings (SSSR count). The van der Waals surface area contributed by atoms with E-state index in [1.807, 2.05) is 6.92 Å². The van der Waals surface area contributed by atoms with Crippen LogP contribution in [0.5, 0.6) is 0 Å². The van der Waals surface area contributed by atoms with Gasteiger partial charge in [-0.1, -0.05) is 47.5 Å². The lowest BCUT2D eigenvalue weighted by Crippen LogP contribution is -2.50. The molecule has 1 N–H and O–H groups in total. The molecule has 36 heavy (non-hydrogen) atoms. The molecular weight excluding hydrogens is 505 g/mol. The van der Waals surface area contributed by atoms with Crippen molar-refractivity contribution in [2.24, 2.45) is 0 Å². The highest BCUT2D eigenvalue weighted by Gasteiger charge is 2.32. The Bertz CT molecular complexity index is 1330. The van der Waals surface area contributed by atoms with Crippen LogP contribution in [-0.4, -0.2) is 44.8 Å². The standard InChI is InChI=1S/C26H27ClFN3O4S/c1-18-8-14-23(15-9-18)36(34,35)31(22-12-10-21(27)11-13-22)17-25(32)30(19(2)26(33)29-3)16-20-6-4-5-7-24(20)28/h4-15,19H,16-17H2,1-3H3,(H,29,33). The minimum absolute atomic E-state index is 0.00384. The number of nitrogens with zero attached hydrogens (tertiary/aromatic N) is 2. The van der Waals surface area contributed by atoms with Gasteiger partial charge in [0.25, 0.3) is 10.0 Å². The molecule has 1 atom stereocenters. The molecule has 0 heterocycles. The zero-order valence-electron chi connectivity index (χ0n) is 20.1. The Morgan fingerprint density at radius 2 is 1.61 bits per heavy atom. The molecule has 0 fully saturated rings. The van der Waals surface area contributed by atoms with Gasteiger partial charge in [0.05, 0.1) is 10.6 Å². The van der Waals surface area contributed by atoms with Gasteiger partial charge in [0.15, 0.2) is 0 Å². The van der Waals surface area contributed by atoms with E-state index >= 15 is 0 Å². The first kappa shape index (κ1) is 27.2. The number of hydrogen-bond donors (Lipinski definition) is 1. The Labute approximate surface area is 215 Å². The number of halogens is 2. The molecule has 3 aromatic carbocycles. The highest BCUT2D eigenvalue weighted by atomic mass is 35.5. The number of nitrogens with one attached hydrogen (secondary N) is 1. The maximum Gasteiger partial charge on any atom is 0.264 e. The average Bonchev–Trinajstić information content (AvgIpc) is 2.86. The molecule has 0 bridgehead atoms. The number of carbonyl (C=O) groups excluding carboxylic acids is 2. The van der Waals surface area contributed by atoms with Crippen molar-refractivity contribution >= 4 is 39.1 Å². The Hall–Kier alpha value is -3.43. The molecule has 190 valence electrons. The van der Waals surface area contributed by atoms with Gasteiger partial charge in [0, 0.05) is 24.2 Å². The van der Waals surface area contributed by atoms with Crippen LogP contribution in [0.15, 0.2) is 77.7 Å². The first-order chi connectivity index (χ1) is 17.0. The van der Waals surface area contributed by atoms with Crippen molar-refractivity contribution < 1.29 is 22.4 Å². The van der Waals surface area contributed by atoms with Gasteiger partial charge < -0.3 is 10.2 Å². The van der Waals surface area contributed by atoms with E-state index in [0.717, 1.165) is 14.8 Å². The molecule has 0 radical (unpaired) electrons. The summed E-state index contributed by atoms with van der Waals surface area (Å²) in [6.07, 6.45) is 0. The van der Waals surface area contributed by atoms with Crippen LogP contribution in [0.1, 0.15) is 18.1 Å². The van der Waals surface area contributed by atoms with Gasteiger partial charge >= 0.3 is 0 Å². The van der Waals surface area contributed by atoms with Crippen LogP contribution in [0.2, 0.25) is 5.02 Å². The minimum Gasteiger partial charge on any atom is -0.357 e. The highest BCUT2D eigenvalue weighted by molar-refractivity contribution is 7.92. The second kappa shape index (κ2) is 11.5. The largest absolute Gasteiger partial charge is 0.357 e. The zero-order chi connectivity index (χ0) is 26.5. The van der Waals surface area contributed by atoms with Crippen LogP contribution in [-0.2, 0) is 26.2 Å². The number of rotatable bonds is 9. The van der Waals surface area contributed by atoms with Gasteiger partial charge in [0.1, 0.15) is 18.4 Å². The molecule has 3 aromatic rings. The number of benzene rings is 3. The summed E-state index contributed by atoms with van der Waals surface area (Å²) >= 11 is 6.00. The number of hydrogen-bond acceptors (Lipinski definition) is 4. The van der Waals surface area contributed by atoms with Crippen molar-refractivity contribution in [3.05, 3.63) is 94.8 Å². The van der Waals surface area contributed by atoms with E-state index in [2.05, 4.69) is 5.32 Å². The zero-order valence-corrected chi connectivity index (χ0v) is 21.7. The van der Waals surface area contributed by atoms with Crippen LogP contribution in [0.4, 0.5) is 10.1 Å². The fourth-order valence-corrected chi connectivity index (χ4v) is 5.12. The van der Waals surface area contributed by atoms with Crippen LogP contribution < -0.4 is 9.62 Å². The molecule has 0 aliphatic carbocycles. The van der Waals surface area contributed by atoms with Gasteiger partial charge in [-0.25, -0.2) is 12.8 Å². The van der Waals surface area contributed by atoms with Gasteiger partial charge in [-0.2, -0.15) is 0 Å². The summed E-state index contributed by atoms with van der Waals surface area (Å²) < 4.78 is 42.7. The lowest BCUT2D eigenvalue weighted by Gasteiger charge is -2.31. The minimum atomic E-state index is -4.18. The summed E-state index contributed by atoms with van der Waals surface area (Å²) in [5.41, 5.74) is 1.28. The molecule has 0 aliphatic rings. The third-order valence-corrected chi connectivity index (χ3v) is 7.75. The number of sulfonamides is 1. The predicted octanol–water partition coefficient (Wildman–Crippen LogP) is 4.15. The first-order valence-electron chi connectivity index (χ1n) is 11.1. The van der Waals surface area contributed by atoms with E-state index in [0.29, 0.717) is 5.02 Å². The molecule has 0 aliphatic heterocycles. The highest BCUT2D eigenvalue weighted by Crippen LogP contribution is 2.26. The fourth-order valence-electron chi connectivity index (χ4n) is 3.58. The van der Waals surface area contributed by atoms with Gasteiger partial charge in [-0.3, -0.25) is 13.9 Å². The van der Waals surface area contributed by atoms with Crippen LogP contribution in [0, 0.1) is 12.7 Å². The Balaban J connectivity index is 2.03. The van der Waals surface area contributed by atoms with Gasteiger partial charge in [0.2, 0.25) is 11.8 Å². The summed E-state index contributed by atoms with van der Waals surface area (Å²) in [6, 6.07) is 17.2. The Morgan fingerprint density at radius 1 is 1.00 bits per heavy atom. The first-order valence-corrected chi connectivity index (χ1v) is 13.0. The molecule has 0 saturated carbocycles. The second-order valence-corrected chi connectivity index (χ2v) is 10.5. The normalized spacial score (nSPS) is 12.0. The topological polar surface area (TPSA) is 86.8 Å². The van der Waals surface area contributed by atoms with Crippen molar-refractivity contribution in [3.8, 4) is 0 Å². The number of anilines is 1. The van der Waals surface area contributed by atoms with Crippen molar-refractivity contribution in [3.63, 3.8) is 0 Å². The number of aryl methyl sites for hydroxylation is 1. The number of likely N-dealkylation sites (N-methyl/N-ethyl adjacent to an activating group) is 1. The molecule has 2 amide bonds. The average molecular weight is 532 g/mol. The lowest BCUT2D eigenvalue weighted by atomic mass is 10.1. The molecular formula is C26H27ClFN3O4S. The molecule has 0 saturated heterocycles. The van der Waals surface area contributed by atoms with Crippen molar-refractivity contribution in [1.29, 1.82) is 0 Å². The summed E-state index contributed by atoms with van der Waals surface area (Å²) in [6.45, 7) is 2.49. The van der Waals surface area contributed by atoms with Crippen molar-refractivity contribution in [1.82, 2.24) is 10.2 Å². The molecule has 0 spiro atoms. The maximum absolute atomic E-state index is 14.4. The van der Waals surface area contributed by atoms with E-state index in [4.69, 9.17) is 11.6 Å². The summed E-state index contributed by atoms with van der Waals surface area (Å²) in [5.74, 6) is -1.69. The van der Waals surface area contributed by atoms with Crippen LogP contribution >= 0.6 is 11.6 Å². The summed E-state index contributed by atoms with van der Waals surface area (Å²) in [4.78, 5) is 27.2. The third kappa shape index (κ3) is 6.22. The van der Waals surface area contributed by atoms with E-state index in [-0.39, 0.29) is 22.7 Å². The summed E-state index contributed by atoms with van der Waals surface area (Å²) in [7, 11) is -2.75. The summed E-state index contributed by atoms with van der Waals surface area (Å²) in [5, 5.41) is 2.88. The second-order valence-electron chi connectivity index (χ2n) is 8.20. The molecule has 7 nitrogen and oxygen atoms in total. The molecule has 10 heteroatoms. The lowest BCUT2D eigenvalue weighted by molar-refractivity contribution is -0.139. The predicted molar refractivity (Wildman–Crippen MR) is 138 cm³/mol. The van der Waals surface area contributed by atoms with E-state index in [1.54, 1.807) is 18.2 Å². The number of carbonyl (C=O) groups is 2. The molecule has 1 unspecified atom stereocenters. The SMILES string of the molecule is CNC(=O)C(C)N(Cc1ccccc1F)C(=O)CN(c1ccc(Cl)cc1)S(=O)(=O)c1ccc(C)cc1. The van der Waals surface area contributed by atoms with Gasteiger partial charge in [-0.15, -0.1) is 0 Å². The Morgan fingerprint density at radius 3 is 2.19 bits per heavy atom. The van der Waals surface area contributed by atoms with Crippen molar-refractivity contribution in [2.45, 2.75) is 31.3 Å². The molecule has 0 aromatic heterocycles. The smallest absolute Gasteiger partial charge is 0.264 e. The maximum atomic E-state index is 14.4. The van der Waals surface area contributed by atoms with Crippen LogP contribution in [0.25, 0.3) is 0 Å². The van der Waals surface area contributed by atoms with E-state index in [1.165, 1.54) is 68.6 Å². The van der Waals surface area contributed by atoms with Crippen LogP contribution in [0.3, 0.4) is 0 Å². The Kier molecular flexibility index (Phi) is 8.70. The number of amides is 2.